The van der Waals surface area contributed by atoms with Gasteiger partial charge in [-0.05, 0) is 40.0 Å². The van der Waals surface area contributed by atoms with Crippen LogP contribution >= 0.6 is 0 Å². The van der Waals surface area contributed by atoms with Crippen LogP contribution in [0.4, 0.5) is 0 Å². The number of hydrogen-bond donors (Lipinski definition) is 2. The molecule has 0 saturated carbocycles. The number of nitrogens with one attached hydrogen (secondary N) is 1. The molecule has 1 unspecified atom stereocenters. The van der Waals surface area contributed by atoms with Gasteiger partial charge in [0.15, 0.2) is 0 Å². The van der Waals surface area contributed by atoms with Crippen LogP contribution < -0.4 is 5.32 Å². The minimum atomic E-state index is 0.235. The van der Waals surface area contributed by atoms with E-state index in [1.54, 1.807) is 0 Å². The topological polar surface area (TPSA) is 35.5 Å². The van der Waals surface area contributed by atoms with E-state index in [9.17, 15) is 0 Å². The summed E-state index contributed by atoms with van der Waals surface area (Å²) < 4.78 is 0. The van der Waals surface area contributed by atoms with Crippen molar-refractivity contribution in [3.05, 3.63) is 0 Å². The highest BCUT2D eigenvalue weighted by molar-refractivity contribution is 4.64. The molecule has 0 aliphatic carbocycles. The van der Waals surface area contributed by atoms with Gasteiger partial charge >= 0.3 is 0 Å². The molecule has 3 nitrogen and oxygen atoms in total. The molecule has 0 aliphatic heterocycles. The Morgan fingerprint density at radius 3 is 2.50 bits per heavy atom. The highest BCUT2D eigenvalue weighted by Crippen LogP contribution is 1.98. The summed E-state index contributed by atoms with van der Waals surface area (Å²) in [6.45, 7) is 4.70. The molecule has 0 saturated heterocycles. The van der Waals surface area contributed by atoms with Gasteiger partial charge in [0, 0.05) is 6.04 Å². The van der Waals surface area contributed by atoms with Crippen LogP contribution in [-0.2, 0) is 0 Å². The van der Waals surface area contributed by atoms with Gasteiger partial charge in [-0.25, -0.2) is 0 Å². The molecule has 0 aromatic carbocycles. The standard InChI is InChI=1S/C11H26N2O/c1-4-5-6-8-13(3)9-7-11(10-14)12-2/h11-12,14H,4-10H2,1-3H3. The van der Waals surface area contributed by atoms with E-state index in [1.807, 2.05) is 7.05 Å². The second kappa shape index (κ2) is 9.44. The quantitative estimate of drug-likeness (QED) is 0.549. The minimum Gasteiger partial charge on any atom is -0.395 e. The van der Waals surface area contributed by atoms with Crippen molar-refractivity contribution >= 4 is 0 Å². The van der Waals surface area contributed by atoms with E-state index in [0.717, 1.165) is 13.0 Å². The zero-order valence-electron chi connectivity index (χ0n) is 9.92. The zero-order chi connectivity index (χ0) is 10.8. The first kappa shape index (κ1) is 13.9. The molecule has 3 heteroatoms. The monoisotopic (exact) mass is 202 g/mol. The minimum absolute atomic E-state index is 0.235. The number of nitrogens with zero attached hydrogens (tertiary/aromatic N) is 1. The van der Waals surface area contributed by atoms with E-state index in [4.69, 9.17) is 5.11 Å². The molecule has 0 radical (unpaired) electrons. The van der Waals surface area contributed by atoms with E-state index in [2.05, 4.69) is 24.2 Å². The molecule has 0 heterocycles. The summed E-state index contributed by atoms with van der Waals surface area (Å²) in [6.07, 6.45) is 4.91. The maximum absolute atomic E-state index is 8.97. The Balaban J connectivity index is 3.37. The van der Waals surface area contributed by atoms with Crippen molar-refractivity contribution in [1.82, 2.24) is 10.2 Å². The molecule has 2 N–H and O–H groups in total. The predicted molar refractivity (Wildman–Crippen MR) is 61.6 cm³/mol. The lowest BCUT2D eigenvalue weighted by molar-refractivity contribution is 0.222. The van der Waals surface area contributed by atoms with Gasteiger partial charge in [-0.1, -0.05) is 19.8 Å². The Morgan fingerprint density at radius 2 is 2.00 bits per heavy atom. The SMILES string of the molecule is CCCCCN(C)CCC(CO)NC. The lowest BCUT2D eigenvalue weighted by atomic mass is 10.2. The third-order valence-corrected chi connectivity index (χ3v) is 2.63. The Morgan fingerprint density at radius 1 is 1.29 bits per heavy atom. The van der Waals surface area contributed by atoms with Gasteiger partial charge in [0.1, 0.15) is 0 Å². The fraction of sp³-hybridized carbons (Fsp3) is 1.00. The molecule has 0 spiro atoms. The van der Waals surface area contributed by atoms with Gasteiger partial charge in [-0.15, -0.1) is 0 Å². The van der Waals surface area contributed by atoms with Crippen LogP contribution in [-0.4, -0.2) is 49.8 Å². The zero-order valence-corrected chi connectivity index (χ0v) is 9.92. The van der Waals surface area contributed by atoms with Gasteiger partial charge in [-0.3, -0.25) is 0 Å². The number of likely N-dealkylation sites (N-methyl/N-ethyl adjacent to an activating group) is 1. The number of rotatable bonds is 9. The van der Waals surface area contributed by atoms with Gasteiger partial charge < -0.3 is 15.3 Å². The molecule has 14 heavy (non-hydrogen) atoms. The largest absolute Gasteiger partial charge is 0.395 e. The van der Waals surface area contributed by atoms with Gasteiger partial charge in [-0.2, -0.15) is 0 Å². The van der Waals surface area contributed by atoms with Gasteiger partial charge in [0.05, 0.1) is 6.61 Å². The molecule has 0 aromatic heterocycles. The molecular formula is C11H26N2O. The number of hydrogen-bond acceptors (Lipinski definition) is 3. The number of aliphatic hydroxyl groups excluding tert-OH is 1. The average Bonchev–Trinajstić information content (AvgIpc) is 2.20. The number of aliphatic hydroxyl groups is 1. The maximum atomic E-state index is 8.97. The molecule has 0 fully saturated rings. The Kier molecular flexibility index (Phi) is 9.35. The van der Waals surface area contributed by atoms with E-state index in [-0.39, 0.29) is 12.6 Å². The van der Waals surface area contributed by atoms with Crippen molar-refractivity contribution in [1.29, 1.82) is 0 Å². The Bertz CT molecular complexity index is 116. The smallest absolute Gasteiger partial charge is 0.0585 e. The summed E-state index contributed by atoms with van der Waals surface area (Å²) in [4.78, 5) is 2.34. The first-order valence-electron chi connectivity index (χ1n) is 5.71. The second-order valence-electron chi connectivity index (χ2n) is 3.97. The van der Waals surface area contributed by atoms with Crippen LogP contribution in [0.1, 0.15) is 32.6 Å². The Labute approximate surface area is 88.5 Å². The predicted octanol–water partition coefficient (Wildman–Crippen LogP) is 1.08. The third kappa shape index (κ3) is 7.30. The fourth-order valence-electron chi connectivity index (χ4n) is 1.45. The van der Waals surface area contributed by atoms with Gasteiger partial charge in [0.2, 0.25) is 0 Å². The van der Waals surface area contributed by atoms with Crippen LogP contribution in [0.25, 0.3) is 0 Å². The molecule has 86 valence electrons. The summed E-state index contributed by atoms with van der Waals surface area (Å²) >= 11 is 0. The first-order valence-corrected chi connectivity index (χ1v) is 5.71. The summed E-state index contributed by atoms with van der Waals surface area (Å²) in [7, 11) is 4.05. The molecule has 1 atom stereocenters. The van der Waals surface area contributed by atoms with Crippen molar-refractivity contribution < 1.29 is 5.11 Å². The molecule has 0 aromatic rings. The average molecular weight is 202 g/mol. The lowest BCUT2D eigenvalue weighted by Gasteiger charge is -2.19. The van der Waals surface area contributed by atoms with Crippen LogP contribution in [0, 0.1) is 0 Å². The van der Waals surface area contributed by atoms with E-state index >= 15 is 0 Å². The molecule has 0 amide bonds. The van der Waals surface area contributed by atoms with Crippen LogP contribution in [0.3, 0.4) is 0 Å². The van der Waals surface area contributed by atoms with E-state index in [0.29, 0.717) is 0 Å². The Hall–Kier alpha value is -0.120. The molecule has 0 rings (SSSR count). The number of unbranched alkanes of at least 4 members (excludes halogenated alkanes) is 2. The maximum Gasteiger partial charge on any atom is 0.0585 e. The summed E-state index contributed by atoms with van der Waals surface area (Å²) in [5.74, 6) is 0. The second-order valence-corrected chi connectivity index (χ2v) is 3.97. The normalized spacial score (nSPS) is 13.5. The fourth-order valence-corrected chi connectivity index (χ4v) is 1.45. The third-order valence-electron chi connectivity index (χ3n) is 2.63. The van der Waals surface area contributed by atoms with Crippen LogP contribution in [0.5, 0.6) is 0 Å². The molecule has 0 aliphatic rings. The molecular weight excluding hydrogens is 176 g/mol. The first-order chi connectivity index (χ1) is 6.74. The van der Waals surface area contributed by atoms with Gasteiger partial charge in [0.25, 0.3) is 0 Å². The highest BCUT2D eigenvalue weighted by Gasteiger charge is 2.05. The highest BCUT2D eigenvalue weighted by atomic mass is 16.3. The van der Waals surface area contributed by atoms with Crippen molar-refractivity contribution in [2.75, 3.05) is 33.8 Å². The molecule has 0 bridgehead atoms. The van der Waals surface area contributed by atoms with Crippen molar-refractivity contribution in [3.8, 4) is 0 Å². The van der Waals surface area contributed by atoms with Crippen molar-refractivity contribution in [2.45, 2.75) is 38.6 Å². The van der Waals surface area contributed by atoms with E-state index < -0.39 is 0 Å². The lowest BCUT2D eigenvalue weighted by Crippen LogP contribution is -2.33. The van der Waals surface area contributed by atoms with Crippen molar-refractivity contribution in [2.24, 2.45) is 0 Å². The summed E-state index contributed by atoms with van der Waals surface area (Å²) in [5, 5.41) is 12.1. The summed E-state index contributed by atoms with van der Waals surface area (Å²) in [6, 6.07) is 0.253. The van der Waals surface area contributed by atoms with Crippen LogP contribution in [0.2, 0.25) is 0 Å². The van der Waals surface area contributed by atoms with Crippen molar-refractivity contribution in [3.63, 3.8) is 0 Å². The van der Waals surface area contributed by atoms with Crippen LogP contribution in [0.15, 0.2) is 0 Å². The summed E-state index contributed by atoms with van der Waals surface area (Å²) in [5.41, 5.74) is 0. The van der Waals surface area contributed by atoms with E-state index in [1.165, 1.54) is 25.8 Å².